The number of aliphatic imine (C=N–C) groups is 2. The molecule has 4 heteroatoms. The van der Waals surface area contributed by atoms with E-state index in [1.807, 2.05) is 42.6 Å². The maximum atomic E-state index is 12.1. The molecule has 0 saturated heterocycles. The molecule has 7 rings (SSSR count). The van der Waals surface area contributed by atoms with E-state index < -0.39 is 5.41 Å². The monoisotopic (exact) mass is 804 g/mol. The van der Waals surface area contributed by atoms with Crippen molar-refractivity contribution in [1.82, 2.24) is 0 Å². The second kappa shape index (κ2) is 18.5. The first-order valence-electron chi connectivity index (χ1n) is 21.1. The van der Waals surface area contributed by atoms with Crippen molar-refractivity contribution in [2.75, 3.05) is 7.11 Å². The van der Waals surface area contributed by atoms with E-state index in [0.717, 1.165) is 35.1 Å². The van der Waals surface area contributed by atoms with Gasteiger partial charge in [0, 0.05) is 52.3 Å². The van der Waals surface area contributed by atoms with E-state index in [1.54, 1.807) is 6.21 Å². The largest absolute Gasteiger partial charge is 0.507 e. The Kier molecular flexibility index (Phi) is 13.4. The average Bonchev–Trinajstić information content (AvgIpc) is 3.29. The quantitative estimate of drug-likeness (QED) is 0.121. The fourth-order valence-corrected chi connectivity index (χ4v) is 8.08. The molecule has 0 radical (unpaired) electrons. The lowest BCUT2D eigenvalue weighted by Crippen LogP contribution is -2.24. The number of phenolic OH excluding ortho intramolecular Hbond substituents is 1. The number of aromatic hydroxyl groups is 1. The number of benzene rings is 7. The van der Waals surface area contributed by atoms with Crippen LogP contribution in [0, 0.1) is 0 Å². The van der Waals surface area contributed by atoms with Crippen LogP contribution >= 0.6 is 0 Å². The molecule has 0 unspecified atom stereocenters. The Morgan fingerprint density at radius 1 is 0.361 bits per heavy atom. The molecule has 0 spiro atoms. The summed E-state index contributed by atoms with van der Waals surface area (Å²) in [5.41, 5.74) is 11.1. The van der Waals surface area contributed by atoms with Crippen molar-refractivity contribution in [3.63, 3.8) is 0 Å². The number of para-hydroxylation sites is 2. The molecule has 0 aromatic heterocycles. The highest BCUT2D eigenvalue weighted by Gasteiger charge is 2.32. The Morgan fingerprint density at radius 2 is 0.689 bits per heavy atom. The second-order valence-corrected chi connectivity index (χ2v) is 17.8. The molecule has 4 nitrogen and oxygen atoms in total. The highest BCUT2D eigenvalue weighted by molar-refractivity contribution is 5.90. The molecular formula is C57H60N2O2. The summed E-state index contributed by atoms with van der Waals surface area (Å²) >= 11 is 0. The molecule has 7 aromatic rings. The molecule has 0 aliphatic heterocycles. The lowest BCUT2D eigenvalue weighted by molar-refractivity contribution is 0.399. The van der Waals surface area contributed by atoms with Gasteiger partial charge in [0.1, 0.15) is 5.75 Å². The maximum Gasteiger partial charge on any atom is 0.128 e. The molecule has 0 aliphatic rings. The molecular weight excluding hydrogens is 745 g/mol. The lowest BCUT2D eigenvalue weighted by atomic mass is 9.72. The molecule has 310 valence electrons. The third kappa shape index (κ3) is 9.51. The van der Waals surface area contributed by atoms with Gasteiger partial charge in [0.25, 0.3) is 0 Å². The van der Waals surface area contributed by atoms with E-state index in [9.17, 15) is 5.11 Å². The van der Waals surface area contributed by atoms with E-state index >= 15 is 0 Å². The molecule has 0 fully saturated rings. The van der Waals surface area contributed by atoms with Gasteiger partial charge in [-0.3, -0.25) is 9.98 Å². The number of nitrogens with zero attached hydrogens (tertiary/aromatic N) is 2. The molecule has 2 N–H and O–H groups in total. The van der Waals surface area contributed by atoms with Gasteiger partial charge in [-0.2, -0.15) is 0 Å². The third-order valence-corrected chi connectivity index (χ3v) is 12.5. The molecule has 61 heavy (non-hydrogen) atoms. The normalized spacial score (nSPS) is 12.4. The average molecular weight is 805 g/mol. The summed E-state index contributed by atoms with van der Waals surface area (Å²) in [7, 11) is 1.00. The number of phenols is 1. The summed E-state index contributed by atoms with van der Waals surface area (Å²) in [5.74, 6) is 0.225. The summed E-state index contributed by atoms with van der Waals surface area (Å²) in [6, 6.07) is 61.4. The number of aliphatic hydroxyl groups excluding tert-OH is 1. The Hall–Kier alpha value is -6.36. The van der Waals surface area contributed by atoms with Crippen LogP contribution in [0.1, 0.15) is 111 Å². The third-order valence-electron chi connectivity index (χ3n) is 12.5. The van der Waals surface area contributed by atoms with Crippen LogP contribution in [-0.4, -0.2) is 29.8 Å². The van der Waals surface area contributed by atoms with E-state index in [2.05, 4.69) is 195 Å². The summed E-state index contributed by atoms with van der Waals surface area (Å²) < 4.78 is 0. The zero-order chi connectivity index (χ0) is 43.8. The zero-order valence-corrected chi connectivity index (χ0v) is 37.2. The Bertz CT molecular complexity index is 2520. The summed E-state index contributed by atoms with van der Waals surface area (Å²) in [6.45, 7) is 18.0. The maximum absolute atomic E-state index is 12.1. The number of rotatable bonds is 12. The van der Waals surface area contributed by atoms with Crippen LogP contribution in [0.4, 0.5) is 11.4 Å². The van der Waals surface area contributed by atoms with Crippen molar-refractivity contribution in [3.8, 4) is 5.75 Å². The lowest BCUT2D eigenvalue weighted by Gasteiger charge is -2.32. The molecule has 0 heterocycles. The van der Waals surface area contributed by atoms with Gasteiger partial charge in [0.05, 0.1) is 11.4 Å². The molecule has 0 aliphatic carbocycles. The van der Waals surface area contributed by atoms with Gasteiger partial charge < -0.3 is 10.2 Å². The fraction of sp³-hybridized carbons (Fsp3) is 0.228. The van der Waals surface area contributed by atoms with Crippen molar-refractivity contribution in [2.24, 2.45) is 9.98 Å². The van der Waals surface area contributed by atoms with Crippen molar-refractivity contribution in [2.45, 2.75) is 77.0 Å². The minimum Gasteiger partial charge on any atom is -0.507 e. The van der Waals surface area contributed by atoms with Crippen LogP contribution in [-0.2, 0) is 21.7 Å². The zero-order valence-electron chi connectivity index (χ0n) is 37.2. The van der Waals surface area contributed by atoms with Crippen LogP contribution in [0.2, 0.25) is 0 Å². The van der Waals surface area contributed by atoms with Gasteiger partial charge in [-0.15, -0.1) is 0 Å². The number of hydrogen-bond donors (Lipinski definition) is 2. The Labute approximate surface area is 364 Å². The number of aliphatic hydroxyl groups is 1. The number of hydrogen-bond acceptors (Lipinski definition) is 4. The van der Waals surface area contributed by atoms with E-state index in [1.165, 1.54) is 27.8 Å². The predicted octanol–water partition coefficient (Wildman–Crippen LogP) is 13.8. The first kappa shape index (κ1) is 44.2. The first-order chi connectivity index (χ1) is 29.2. The van der Waals surface area contributed by atoms with Crippen molar-refractivity contribution in [3.05, 3.63) is 232 Å². The molecule has 0 saturated carbocycles. The van der Waals surface area contributed by atoms with Gasteiger partial charge >= 0.3 is 0 Å². The van der Waals surface area contributed by atoms with E-state index in [4.69, 9.17) is 15.1 Å². The van der Waals surface area contributed by atoms with Crippen molar-refractivity contribution in [1.29, 1.82) is 0 Å². The molecule has 0 bridgehead atoms. The van der Waals surface area contributed by atoms with Gasteiger partial charge in [-0.05, 0) is 74.8 Å². The predicted molar refractivity (Wildman–Crippen MR) is 258 cm³/mol. The minimum absolute atomic E-state index is 0.225. The van der Waals surface area contributed by atoms with Crippen LogP contribution in [0.25, 0.3) is 0 Å². The standard InChI is InChI=1S/C56H56N2O.CH4O/c1-53(2,42-23-13-9-14-24-42)46-33-40(34-47(36-46)54(3,4)43-25-15-10-16-26-43)38-57-50-31-21-22-32-51(50)58-39-41-35-48(55(5,6)44-27-17-11-18-28-44)37-49(52(41)59)56(7,8)45-29-19-12-20-30-45;1-2/h9-39,59H,1-8H3;2H,1H3. The minimum atomic E-state index is -0.476. The smallest absolute Gasteiger partial charge is 0.128 e. The van der Waals surface area contributed by atoms with Crippen molar-refractivity contribution < 1.29 is 10.2 Å². The first-order valence-corrected chi connectivity index (χ1v) is 21.1. The Morgan fingerprint density at radius 3 is 1.08 bits per heavy atom. The van der Waals surface area contributed by atoms with Crippen molar-refractivity contribution >= 4 is 23.8 Å². The molecule has 0 amide bonds. The topological polar surface area (TPSA) is 65.2 Å². The van der Waals surface area contributed by atoms with Gasteiger partial charge in [0.15, 0.2) is 0 Å². The Balaban J connectivity index is 0.00000307. The van der Waals surface area contributed by atoms with Gasteiger partial charge in [0.2, 0.25) is 0 Å². The summed E-state index contributed by atoms with van der Waals surface area (Å²) in [4.78, 5) is 10.1. The van der Waals surface area contributed by atoms with Crippen LogP contribution in [0.3, 0.4) is 0 Å². The highest BCUT2D eigenvalue weighted by atomic mass is 16.3. The second-order valence-electron chi connectivity index (χ2n) is 17.8. The van der Waals surface area contributed by atoms with Crippen LogP contribution in [0.15, 0.2) is 186 Å². The summed E-state index contributed by atoms with van der Waals surface area (Å²) in [6.07, 6.45) is 3.76. The summed E-state index contributed by atoms with van der Waals surface area (Å²) in [5, 5.41) is 19.1. The van der Waals surface area contributed by atoms with Gasteiger partial charge in [-0.25, -0.2) is 0 Å². The van der Waals surface area contributed by atoms with E-state index in [-0.39, 0.29) is 22.0 Å². The van der Waals surface area contributed by atoms with Crippen LogP contribution < -0.4 is 0 Å². The fourth-order valence-electron chi connectivity index (χ4n) is 8.08. The highest BCUT2D eigenvalue weighted by Crippen LogP contribution is 2.43. The van der Waals surface area contributed by atoms with Crippen LogP contribution in [0.5, 0.6) is 5.75 Å². The molecule has 7 aromatic carbocycles. The molecule has 0 atom stereocenters. The van der Waals surface area contributed by atoms with E-state index in [0.29, 0.717) is 11.3 Å². The van der Waals surface area contributed by atoms with Gasteiger partial charge in [-0.1, -0.05) is 201 Å². The SMILES string of the molecule is CC(C)(c1ccccc1)c1cc(C=Nc2ccccc2N=Cc2cc(C(C)(C)c3ccccc3)cc(C(C)(C)c3ccccc3)c2O)cc(C(C)(C)c2ccccc2)c1.CO.